The van der Waals surface area contributed by atoms with Crippen LogP contribution in [0.15, 0.2) is 18.2 Å². The van der Waals surface area contributed by atoms with E-state index in [1.165, 1.54) is 33.0 Å². The predicted octanol–water partition coefficient (Wildman–Crippen LogP) is 2.20. The Morgan fingerprint density at radius 1 is 1.43 bits per heavy atom. The highest BCUT2D eigenvalue weighted by atomic mass is 16.5. The van der Waals surface area contributed by atoms with Crippen molar-refractivity contribution in [3.63, 3.8) is 0 Å². The van der Waals surface area contributed by atoms with Gasteiger partial charge >= 0.3 is 5.97 Å². The molecule has 5 heteroatoms. The Labute approximate surface area is 126 Å². The third-order valence-corrected chi connectivity index (χ3v) is 4.21. The first-order valence-corrected chi connectivity index (χ1v) is 7.58. The van der Waals surface area contributed by atoms with Crippen molar-refractivity contribution in [3.05, 3.63) is 23.8 Å². The second-order valence-electron chi connectivity index (χ2n) is 5.55. The number of methoxy groups -OCH3 is 1. The van der Waals surface area contributed by atoms with Gasteiger partial charge in [0, 0.05) is 6.54 Å². The van der Waals surface area contributed by atoms with Gasteiger partial charge in [0.05, 0.1) is 24.0 Å². The molecule has 2 rings (SSSR count). The first-order chi connectivity index (χ1) is 10.1. The van der Waals surface area contributed by atoms with Crippen LogP contribution in [0.4, 0.5) is 11.4 Å². The van der Waals surface area contributed by atoms with E-state index in [4.69, 9.17) is 5.73 Å². The predicted molar refractivity (Wildman–Crippen MR) is 85.5 cm³/mol. The Morgan fingerprint density at radius 3 is 2.71 bits per heavy atom. The second kappa shape index (κ2) is 7.31. The van der Waals surface area contributed by atoms with Crippen LogP contribution in [0.25, 0.3) is 0 Å². The standard InChI is InChI=1S/C16H25N3O2/c1-3-19-8-6-12(7-9-19)11-18-15-5-4-13(10-14(15)17)16(20)21-2/h4-5,10,12,18H,3,6-9,11,17H2,1-2H3. The lowest BCUT2D eigenvalue weighted by atomic mass is 9.96. The summed E-state index contributed by atoms with van der Waals surface area (Å²) in [5, 5.41) is 3.40. The van der Waals surface area contributed by atoms with Crippen LogP contribution in [0.3, 0.4) is 0 Å². The van der Waals surface area contributed by atoms with E-state index in [-0.39, 0.29) is 5.97 Å². The molecule has 0 saturated carbocycles. The second-order valence-corrected chi connectivity index (χ2v) is 5.55. The Balaban J connectivity index is 1.87. The van der Waals surface area contributed by atoms with E-state index in [2.05, 4.69) is 21.9 Å². The van der Waals surface area contributed by atoms with Gasteiger partial charge in [-0.2, -0.15) is 0 Å². The molecule has 1 aliphatic rings. The average molecular weight is 291 g/mol. The third-order valence-electron chi connectivity index (χ3n) is 4.21. The molecule has 0 amide bonds. The summed E-state index contributed by atoms with van der Waals surface area (Å²) in [5.41, 5.74) is 7.95. The van der Waals surface area contributed by atoms with Crippen molar-refractivity contribution >= 4 is 17.3 Å². The van der Waals surface area contributed by atoms with Crippen molar-refractivity contribution in [2.45, 2.75) is 19.8 Å². The van der Waals surface area contributed by atoms with Gasteiger partial charge in [-0.15, -0.1) is 0 Å². The molecule has 0 atom stereocenters. The zero-order valence-electron chi connectivity index (χ0n) is 12.9. The molecule has 5 nitrogen and oxygen atoms in total. The van der Waals surface area contributed by atoms with Crippen LogP contribution in [-0.2, 0) is 4.74 Å². The van der Waals surface area contributed by atoms with Gasteiger partial charge < -0.3 is 20.7 Å². The van der Waals surface area contributed by atoms with Crippen molar-refractivity contribution in [1.29, 1.82) is 0 Å². The number of nitrogens with zero attached hydrogens (tertiary/aromatic N) is 1. The smallest absolute Gasteiger partial charge is 0.337 e. The van der Waals surface area contributed by atoms with Crippen LogP contribution < -0.4 is 11.1 Å². The maximum atomic E-state index is 11.4. The molecule has 1 aliphatic heterocycles. The van der Waals surface area contributed by atoms with Gasteiger partial charge in [-0.05, 0) is 56.6 Å². The summed E-state index contributed by atoms with van der Waals surface area (Å²) in [5.74, 6) is 0.327. The number of ether oxygens (including phenoxy) is 1. The SMILES string of the molecule is CCN1CCC(CNc2ccc(C(=O)OC)cc2N)CC1. The van der Waals surface area contributed by atoms with E-state index in [1.54, 1.807) is 12.1 Å². The highest BCUT2D eigenvalue weighted by Crippen LogP contribution is 2.23. The molecule has 1 heterocycles. The fourth-order valence-corrected chi connectivity index (χ4v) is 2.73. The number of esters is 1. The third kappa shape index (κ3) is 4.11. The van der Waals surface area contributed by atoms with Crippen molar-refractivity contribution in [2.24, 2.45) is 5.92 Å². The molecular formula is C16H25N3O2. The minimum absolute atomic E-state index is 0.361. The number of anilines is 2. The van der Waals surface area contributed by atoms with Gasteiger partial charge in [-0.1, -0.05) is 6.92 Å². The molecule has 0 bridgehead atoms. The minimum atomic E-state index is -0.361. The Morgan fingerprint density at radius 2 is 2.14 bits per heavy atom. The number of nitrogens with two attached hydrogens (primary N) is 1. The average Bonchev–Trinajstić information content (AvgIpc) is 2.53. The maximum Gasteiger partial charge on any atom is 0.337 e. The summed E-state index contributed by atoms with van der Waals surface area (Å²) >= 11 is 0. The van der Waals surface area contributed by atoms with Gasteiger partial charge in [0.15, 0.2) is 0 Å². The summed E-state index contributed by atoms with van der Waals surface area (Å²) in [4.78, 5) is 13.9. The topological polar surface area (TPSA) is 67.6 Å². The molecule has 1 fully saturated rings. The quantitative estimate of drug-likeness (QED) is 0.643. The Kier molecular flexibility index (Phi) is 5.44. The van der Waals surface area contributed by atoms with Crippen molar-refractivity contribution in [2.75, 3.05) is 44.3 Å². The Hall–Kier alpha value is -1.75. The number of piperidine rings is 1. The van der Waals surface area contributed by atoms with E-state index in [0.29, 0.717) is 17.2 Å². The molecular weight excluding hydrogens is 266 g/mol. The highest BCUT2D eigenvalue weighted by molar-refractivity contribution is 5.91. The molecule has 1 saturated heterocycles. The highest BCUT2D eigenvalue weighted by Gasteiger charge is 2.18. The van der Waals surface area contributed by atoms with Crippen LogP contribution in [0, 0.1) is 5.92 Å². The normalized spacial score (nSPS) is 16.7. The molecule has 0 radical (unpaired) electrons. The van der Waals surface area contributed by atoms with E-state index < -0.39 is 0 Å². The van der Waals surface area contributed by atoms with Crippen LogP contribution in [0.2, 0.25) is 0 Å². The number of benzene rings is 1. The molecule has 1 aromatic carbocycles. The number of nitrogens with one attached hydrogen (secondary N) is 1. The van der Waals surface area contributed by atoms with Crippen molar-refractivity contribution in [3.8, 4) is 0 Å². The molecule has 116 valence electrons. The van der Waals surface area contributed by atoms with Crippen LogP contribution >= 0.6 is 0 Å². The number of hydrogen-bond acceptors (Lipinski definition) is 5. The fraction of sp³-hybridized carbons (Fsp3) is 0.562. The number of carbonyl (C=O) groups is 1. The lowest BCUT2D eigenvalue weighted by Crippen LogP contribution is -2.35. The number of nitrogen functional groups attached to an aromatic ring is 1. The van der Waals surface area contributed by atoms with Gasteiger partial charge in [0.2, 0.25) is 0 Å². The lowest BCUT2D eigenvalue weighted by Gasteiger charge is -2.31. The largest absolute Gasteiger partial charge is 0.465 e. The fourth-order valence-electron chi connectivity index (χ4n) is 2.73. The summed E-state index contributed by atoms with van der Waals surface area (Å²) in [6.45, 7) is 6.64. The number of likely N-dealkylation sites (tertiary alicyclic amines) is 1. The van der Waals surface area contributed by atoms with Crippen LogP contribution in [-0.4, -0.2) is 44.2 Å². The monoisotopic (exact) mass is 291 g/mol. The minimum Gasteiger partial charge on any atom is -0.465 e. The van der Waals surface area contributed by atoms with Crippen molar-refractivity contribution < 1.29 is 9.53 Å². The van der Waals surface area contributed by atoms with E-state index >= 15 is 0 Å². The first kappa shape index (κ1) is 15.6. The number of rotatable bonds is 5. The number of carbonyl (C=O) groups excluding carboxylic acids is 1. The molecule has 0 aliphatic carbocycles. The van der Waals surface area contributed by atoms with Gasteiger partial charge in [0.25, 0.3) is 0 Å². The van der Waals surface area contributed by atoms with Gasteiger partial charge in [0.1, 0.15) is 0 Å². The zero-order valence-corrected chi connectivity index (χ0v) is 12.9. The molecule has 21 heavy (non-hydrogen) atoms. The molecule has 0 spiro atoms. The summed E-state index contributed by atoms with van der Waals surface area (Å²) in [6.07, 6.45) is 2.45. The van der Waals surface area contributed by atoms with Crippen molar-refractivity contribution in [1.82, 2.24) is 4.90 Å². The van der Waals surface area contributed by atoms with Crippen LogP contribution in [0.1, 0.15) is 30.1 Å². The zero-order chi connectivity index (χ0) is 15.2. The van der Waals surface area contributed by atoms with E-state index in [9.17, 15) is 4.79 Å². The van der Waals surface area contributed by atoms with Gasteiger partial charge in [-0.3, -0.25) is 0 Å². The van der Waals surface area contributed by atoms with Crippen LogP contribution in [0.5, 0.6) is 0 Å². The van der Waals surface area contributed by atoms with E-state index in [1.807, 2.05) is 6.07 Å². The number of hydrogen-bond donors (Lipinski definition) is 2. The lowest BCUT2D eigenvalue weighted by molar-refractivity contribution is 0.0601. The molecule has 1 aromatic rings. The summed E-state index contributed by atoms with van der Waals surface area (Å²) in [6, 6.07) is 5.25. The first-order valence-electron chi connectivity index (χ1n) is 7.58. The molecule has 0 unspecified atom stereocenters. The molecule has 0 aromatic heterocycles. The van der Waals surface area contributed by atoms with Gasteiger partial charge in [-0.25, -0.2) is 4.79 Å². The Bertz CT molecular complexity index is 482. The maximum absolute atomic E-state index is 11.4. The summed E-state index contributed by atoms with van der Waals surface area (Å²) in [7, 11) is 1.37. The molecule has 3 N–H and O–H groups in total. The summed E-state index contributed by atoms with van der Waals surface area (Å²) < 4.78 is 4.69. The van der Waals surface area contributed by atoms with E-state index in [0.717, 1.165) is 18.8 Å².